The summed E-state index contributed by atoms with van der Waals surface area (Å²) in [6.45, 7) is 0.889. The van der Waals surface area contributed by atoms with Gasteiger partial charge in [0.15, 0.2) is 0 Å². The normalized spacial score (nSPS) is 18.9. The van der Waals surface area contributed by atoms with Crippen LogP contribution < -0.4 is 5.32 Å². The molecule has 2 heteroatoms. The third-order valence-corrected chi connectivity index (χ3v) is 3.55. The van der Waals surface area contributed by atoms with E-state index in [1.54, 1.807) is 0 Å². The summed E-state index contributed by atoms with van der Waals surface area (Å²) in [4.78, 5) is 0. The zero-order chi connectivity index (χ0) is 11.4. The average Bonchev–Trinajstić information content (AvgIpc) is 2.83. The molecular formula is C14H21NO. The van der Waals surface area contributed by atoms with Gasteiger partial charge >= 0.3 is 0 Å². The van der Waals surface area contributed by atoms with Crippen LogP contribution in [0.3, 0.4) is 0 Å². The summed E-state index contributed by atoms with van der Waals surface area (Å²) in [5.41, 5.74) is 2.34. The lowest BCUT2D eigenvalue weighted by Gasteiger charge is -2.18. The smallest absolute Gasteiger partial charge is 0.0818 e. The van der Waals surface area contributed by atoms with Crippen LogP contribution in [0, 0.1) is 5.92 Å². The minimum atomic E-state index is -0.258. The van der Waals surface area contributed by atoms with Gasteiger partial charge in [0.2, 0.25) is 0 Å². The van der Waals surface area contributed by atoms with Crippen LogP contribution in [0.2, 0.25) is 0 Å². The van der Waals surface area contributed by atoms with E-state index in [1.165, 1.54) is 31.2 Å². The van der Waals surface area contributed by atoms with Gasteiger partial charge in [-0.15, -0.1) is 0 Å². The van der Waals surface area contributed by atoms with Crippen molar-refractivity contribution in [2.45, 2.75) is 38.3 Å². The second-order valence-corrected chi connectivity index (χ2v) is 4.76. The van der Waals surface area contributed by atoms with Crippen molar-refractivity contribution in [2.75, 3.05) is 7.05 Å². The molecule has 88 valence electrons. The topological polar surface area (TPSA) is 32.3 Å². The number of benzene rings is 1. The highest BCUT2D eigenvalue weighted by molar-refractivity contribution is 5.24. The molecule has 0 heterocycles. The molecule has 1 fully saturated rings. The van der Waals surface area contributed by atoms with E-state index in [0.29, 0.717) is 5.92 Å². The molecule has 0 aromatic heterocycles. The van der Waals surface area contributed by atoms with Gasteiger partial charge in [-0.2, -0.15) is 0 Å². The Balaban J connectivity index is 2.02. The number of nitrogens with one attached hydrogen (secondary N) is 1. The summed E-state index contributed by atoms with van der Waals surface area (Å²) >= 11 is 0. The highest BCUT2D eigenvalue weighted by atomic mass is 16.3. The Labute approximate surface area is 97.7 Å². The zero-order valence-corrected chi connectivity index (χ0v) is 9.95. The maximum Gasteiger partial charge on any atom is 0.0818 e. The predicted molar refractivity (Wildman–Crippen MR) is 66.1 cm³/mol. The zero-order valence-electron chi connectivity index (χ0n) is 9.95. The summed E-state index contributed by atoms with van der Waals surface area (Å²) in [7, 11) is 1.95. The molecule has 2 nitrogen and oxygen atoms in total. The molecule has 0 amide bonds. The van der Waals surface area contributed by atoms with Crippen LogP contribution in [0.4, 0.5) is 0 Å². The maximum atomic E-state index is 10.2. The van der Waals surface area contributed by atoms with Crippen LogP contribution >= 0.6 is 0 Å². The number of hydrogen-bond donors (Lipinski definition) is 2. The minimum absolute atomic E-state index is 0.258. The first kappa shape index (κ1) is 11.6. The van der Waals surface area contributed by atoms with Crippen LogP contribution in [0.1, 0.15) is 42.9 Å². The van der Waals surface area contributed by atoms with Crippen molar-refractivity contribution < 1.29 is 5.11 Å². The summed E-state index contributed by atoms with van der Waals surface area (Å²) in [5.74, 6) is 0.482. The summed E-state index contributed by atoms with van der Waals surface area (Å²) < 4.78 is 0. The van der Waals surface area contributed by atoms with Gasteiger partial charge in [-0.25, -0.2) is 0 Å². The van der Waals surface area contributed by atoms with Gasteiger partial charge in [0.05, 0.1) is 6.10 Å². The van der Waals surface area contributed by atoms with Crippen molar-refractivity contribution in [1.29, 1.82) is 0 Å². The Bertz CT molecular complexity index is 314. The van der Waals surface area contributed by atoms with Crippen LogP contribution in [0.25, 0.3) is 0 Å². The molecule has 0 aliphatic heterocycles. The Morgan fingerprint density at radius 3 is 2.44 bits per heavy atom. The van der Waals surface area contributed by atoms with E-state index in [0.717, 1.165) is 12.1 Å². The van der Waals surface area contributed by atoms with Crippen LogP contribution in [0.15, 0.2) is 24.3 Å². The first-order valence-corrected chi connectivity index (χ1v) is 6.23. The molecule has 2 rings (SSSR count). The van der Waals surface area contributed by atoms with E-state index in [9.17, 15) is 5.11 Å². The van der Waals surface area contributed by atoms with E-state index < -0.39 is 0 Å². The molecule has 1 unspecified atom stereocenters. The lowest BCUT2D eigenvalue weighted by atomic mass is 9.94. The highest BCUT2D eigenvalue weighted by Crippen LogP contribution is 2.35. The second-order valence-electron chi connectivity index (χ2n) is 4.76. The van der Waals surface area contributed by atoms with Crippen molar-refractivity contribution in [1.82, 2.24) is 5.32 Å². The number of aliphatic hydroxyl groups excluding tert-OH is 1. The monoisotopic (exact) mass is 219 g/mol. The number of hydrogen-bond acceptors (Lipinski definition) is 2. The Morgan fingerprint density at radius 1 is 1.25 bits per heavy atom. The molecule has 2 N–H and O–H groups in total. The molecule has 1 aliphatic carbocycles. The molecule has 1 aromatic carbocycles. The molecule has 0 saturated heterocycles. The van der Waals surface area contributed by atoms with Crippen molar-refractivity contribution in [3.8, 4) is 0 Å². The van der Waals surface area contributed by atoms with Gasteiger partial charge in [-0.3, -0.25) is 0 Å². The van der Waals surface area contributed by atoms with Crippen molar-refractivity contribution in [2.24, 2.45) is 5.92 Å². The van der Waals surface area contributed by atoms with E-state index in [-0.39, 0.29) is 6.10 Å². The SMILES string of the molecule is CNCc1ccc(C(O)C2CCCC2)cc1. The van der Waals surface area contributed by atoms with Gasteiger partial charge in [-0.1, -0.05) is 37.1 Å². The summed E-state index contributed by atoms with van der Waals surface area (Å²) in [5, 5.41) is 13.4. The molecular weight excluding hydrogens is 198 g/mol. The summed E-state index contributed by atoms with van der Waals surface area (Å²) in [6.07, 6.45) is 4.66. The third-order valence-electron chi connectivity index (χ3n) is 3.55. The molecule has 1 saturated carbocycles. The standard InChI is InChI=1S/C14H21NO/c1-15-10-11-6-8-13(9-7-11)14(16)12-4-2-3-5-12/h6-9,12,14-16H,2-5,10H2,1H3. The van der Waals surface area contributed by atoms with E-state index in [4.69, 9.17) is 0 Å². The first-order valence-electron chi connectivity index (χ1n) is 6.23. The molecule has 1 atom stereocenters. The fourth-order valence-electron chi connectivity index (χ4n) is 2.58. The number of aliphatic hydroxyl groups is 1. The first-order chi connectivity index (χ1) is 7.81. The lowest BCUT2D eigenvalue weighted by molar-refractivity contribution is 0.111. The van der Waals surface area contributed by atoms with Crippen LogP contribution in [0.5, 0.6) is 0 Å². The fourth-order valence-corrected chi connectivity index (χ4v) is 2.58. The lowest BCUT2D eigenvalue weighted by Crippen LogP contribution is -2.09. The van der Waals surface area contributed by atoms with Crippen molar-refractivity contribution in [3.63, 3.8) is 0 Å². The number of rotatable bonds is 4. The van der Waals surface area contributed by atoms with Gasteiger partial charge < -0.3 is 10.4 Å². The Hall–Kier alpha value is -0.860. The van der Waals surface area contributed by atoms with E-state index in [1.807, 2.05) is 7.05 Å². The van der Waals surface area contributed by atoms with Crippen molar-refractivity contribution in [3.05, 3.63) is 35.4 Å². The molecule has 0 bridgehead atoms. The predicted octanol–water partition coefficient (Wildman–Crippen LogP) is 2.63. The summed E-state index contributed by atoms with van der Waals surface area (Å²) in [6, 6.07) is 8.33. The van der Waals surface area contributed by atoms with Gasteiger partial charge in [0, 0.05) is 6.54 Å². The Kier molecular flexibility index (Phi) is 3.97. The molecule has 1 aromatic rings. The second kappa shape index (κ2) is 5.46. The minimum Gasteiger partial charge on any atom is -0.388 e. The van der Waals surface area contributed by atoms with Crippen LogP contribution in [-0.2, 0) is 6.54 Å². The largest absolute Gasteiger partial charge is 0.388 e. The quantitative estimate of drug-likeness (QED) is 0.816. The van der Waals surface area contributed by atoms with Crippen LogP contribution in [-0.4, -0.2) is 12.2 Å². The molecule has 1 aliphatic rings. The molecule has 0 radical (unpaired) electrons. The van der Waals surface area contributed by atoms with Crippen molar-refractivity contribution >= 4 is 0 Å². The van der Waals surface area contributed by atoms with E-state index >= 15 is 0 Å². The van der Waals surface area contributed by atoms with Gasteiger partial charge in [0.25, 0.3) is 0 Å². The van der Waals surface area contributed by atoms with Gasteiger partial charge in [0.1, 0.15) is 0 Å². The Morgan fingerprint density at radius 2 is 1.88 bits per heavy atom. The molecule has 16 heavy (non-hydrogen) atoms. The third kappa shape index (κ3) is 2.63. The fraction of sp³-hybridized carbons (Fsp3) is 0.571. The maximum absolute atomic E-state index is 10.2. The molecule has 0 spiro atoms. The van der Waals surface area contributed by atoms with Gasteiger partial charge in [-0.05, 0) is 36.9 Å². The average molecular weight is 219 g/mol. The highest BCUT2D eigenvalue weighted by Gasteiger charge is 2.24. The van der Waals surface area contributed by atoms with E-state index in [2.05, 4.69) is 29.6 Å².